The summed E-state index contributed by atoms with van der Waals surface area (Å²) in [5.41, 5.74) is 0.388. The van der Waals surface area contributed by atoms with Crippen molar-refractivity contribution in [3.05, 3.63) is 65.5 Å². The van der Waals surface area contributed by atoms with Crippen LogP contribution < -0.4 is 5.32 Å². The lowest BCUT2D eigenvalue weighted by atomic mass is 10.2. The number of carbonyl (C=O) groups excluding carboxylic acids is 1. The highest BCUT2D eigenvalue weighted by Crippen LogP contribution is 2.15. The van der Waals surface area contributed by atoms with Gasteiger partial charge in [0.15, 0.2) is 9.84 Å². The maximum Gasteiger partial charge on any atom is 0.252 e. The Hall–Kier alpha value is -2.21. The van der Waals surface area contributed by atoms with Crippen LogP contribution in [0.25, 0.3) is 0 Å². The fraction of sp³-hybridized carbons (Fsp3) is 0.133. The minimum absolute atomic E-state index is 0.0103. The lowest BCUT2D eigenvalue weighted by Gasteiger charge is -2.09. The highest BCUT2D eigenvalue weighted by molar-refractivity contribution is 7.90. The summed E-state index contributed by atoms with van der Waals surface area (Å²) in [6, 6.07) is 12.0. The number of benzene rings is 2. The Balaban J connectivity index is 2.21. The highest BCUT2D eigenvalue weighted by Gasteiger charge is 2.18. The Morgan fingerprint density at radius 2 is 1.71 bits per heavy atom. The lowest BCUT2D eigenvalue weighted by molar-refractivity contribution is 0.0947. The first-order valence-electron chi connectivity index (χ1n) is 6.20. The van der Waals surface area contributed by atoms with Crippen LogP contribution in [0.3, 0.4) is 0 Å². The summed E-state index contributed by atoms with van der Waals surface area (Å²) in [6.07, 6.45) is 1.04. The summed E-state index contributed by atoms with van der Waals surface area (Å²) in [5, 5.41) is 2.53. The van der Waals surface area contributed by atoms with Crippen molar-refractivity contribution in [2.24, 2.45) is 0 Å². The third kappa shape index (κ3) is 3.66. The Kier molecular flexibility index (Phi) is 4.37. The fourth-order valence-electron chi connectivity index (χ4n) is 1.89. The summed E-state index contributed by atoms with van der Waals surface area (Å²) >= 11 is 0. The second-order valence-electron chi connectivity index (χ2n) is 4.54. The van der Waals surface area contributed by atoms with Gasteiger partial charge in [0.2, 0.25) is 0 Å². The molecule has 1 amide bonds. The molecule has 0 unspecified atom stereocenters. The number of hydrogen-bond donors (Lipinski definition) is 1. The van der Waals surface area contributed by atoms with Crippen molar-refractivity contribution in [2.45, 2.75) is 11.4 Å². The smallest absolute Gasteiger partial charge is 0.252 e. The minimum Gasteiger partial charge on any atom is -0.348 e. The van der Waals surface area contributed by atoms with E-state index in [1.54, 1.807) is 30.3 Å². The molecule has 0 fully saturated rings. The summed E-state index contributed by atoms with van der Waals surface area (Å²) in [6.45, 7) is -0.0103. The summed E-state index contributed by atoms with van der Waals surface area (Å²) in [7, 11) is -3.50. The zero-order valence-electron chi connectivity index (χ0n) is 11.3. The van der Waals surface area contributed by atoms with Crippen LogP contribution in [-0.4, -0.2) is 20.6 Å². The molecule has 0 aromatic heterocycles. The van der Waals surface area contributed by atoms with E-state index in [9.17, 15) is 17.6 Å². The molecule has 21 heavy (non-hydrogen) atoms. The van der Waals surface area contributed by atoms with Gasteiger partial charge in [-0.15, -0.1) is 0 Å². The molecule has 0 radical (unpaired) electrons. The first-order chi connectivity index (χ1) is 9.89. The lowest BCUT2D eigenvalue weighted by Crippen LogP contribution is -2.25. The van der Waals surface area contributed by atoms with Crippen molar-refractivity contribution in [1.29, 1.82) is 0 Å². The molecule has 0 saturated heterocycles. The van der Waals surface area contributed by atoms with Gasteiger partial charge in [-0.2, -0.15) is 0 Å². The van der Waals surface area contributed by atoms with Gasteiger partial charge in [0, 0.05) is 18.4 Å². The molecule has 0 spiro atoms. The Labute approximate surface area is 122 Å². The van der Waals surface area contributed by atoms with Crippen LogP contribution in [0.15, 0.2) is 53.4 Å². The third-order valence-electron chi connectivity index (χ3n) is 2.93. The molecule has 0 aliphatic carbocycles. The summed E-state index contributed by atoms with van der Waals surface area (Å²) in [5.74, 6) is -0.978. The van der Waals surface area contributed by atoms with Gasteiger partial charge in [0.25, 0.3) is 5.91 Å². The van der Waals surface area contributed by atoms with Gasteiger partial charge in [-0.1, -0.05) is 30.3 Å². The molecule has 0 aliphatic rings. The first kappa shape index (κ1) is 15.2. The molecular formula is C15H14FNO3S. The molecule has 0 bridgehead atoms. The number of nitrogens with one attached hydrogen (secondary N) is 1. The van der Waals surface area contributed by atoms with Crippen molar-refractivity contribution in [3.8, 4) is 0 Å². The van der Waals surface area contributed by atoms with E-state index in [4.69, 9.17) is 0 Å². The predicted molar refractivity (Wildman–Crippen MR) is 77.1 cm³/mol. The third-order valence-corrected chi connectivity index (χ3v) is 4.08. The Bertz CT molecular complexity index is 772. The van der Waals surface area contributed by atoms with E-state index in [-0.39, 0.29) is 17.0 Å². The zero-order valence-corrected chi connectivity index (χ0v) is 12.2. The number of carbonyl (C=O) groups is 1. The van der Waals surface area contributed by atoms with E-state index in [1.807, 2.05) is 0 Å². The predicted octanol–water partition coefficient (Wildman–Crippen LogP) is 2.16. The van der Waals surface area contributed by atoms with E-state index < -0.39 is 21.6 Å². The van der Waals surface area contributed by atoms with Crippen molar-refractivity contribution in [1.82, 2.24) is 5.32 Å². The summed E-state index contributed by atoms with van der Waals surface area (Å²) in [4.78, 5) is 12.1. The summed E-state index contributed by atoms with van der Waals surface area (Å²) < 4.78 is 36.8. The molecular weight excluding hydrogens is 293 g/mol. The van der Waals surface area contributed by atoms with Gasteiger partial charge in [-0.3, -0.25) is 4.79 Å². The normalized spacial score (nSPS) is 11.1. The Morgan fingerprint density at radius 3 is 2.38 bits per heavy atom. The van der Waals surface area contributed by atoms with E-state index in [1.165, 1.54) is 18.2 Å². The average molecular weight is 307 g/mol. The maximum absolute atomic E-state index is 13.5. The van der Waals surface area contributed by atoms with Crippen LogP contribution in [0.5, 0.6) is 0 Å². The minimum atomic E-state index is -3.50. The standard InChI is InChI=1S/C15H14FNO3S/c1-21(19,20)14-9-5-3-7-12(14)15(18)17-10-11-6-2-4-8-13(11)16/h2-9H,10H2,1H3,(H,17,18). The fourth-order valence-corrected chi connectivity index (χ4v) is 2.78. The van der Waals surface area contributed by atoms with Crippen molar-refractivity contribution in [3.63, 3.8) is 0 Å². The van der Waals surface area contributed by atoms with E-state index in [2.05, 4.69) is 5.32 Å². The number of rotatable bonds is 4. The van der Waals surface area contributed by atoms with E-state index in [0.29, 0.717) is 5.56 Å². The molecule has 0 heterocycles. The van der Waals surface area contributed by atoms with Crippen molar-refractivity contribution >= 4 is 15.7 Å². The second kappa shape index (κ2) is 6.05. The van der Waals surface area contributed by atoms with E-state index in [0.717, 1.165) is 6.26 Å². The zero-order chi connectivity index (χ0) is 15.5. The molecule has 2 aromatic carbocycles. The number of sulfone groups is 1. The average Bonchev–Trinajstić information content (AvgIpc) is 2.45. The first-order valence-corrected chi connectivity index (χ1v) is 8.09. The molecule has 110 valence electrons. The molecule has 1 N–H and O–H groups in total. The largest absolute Gasteiger partial charge is 0.348 e. The number of amides is 1. The molecule has 0 aliphatic heterocycles. The molecule has 0 saturated carbocycles. The van der Waals surface area contributed by atoms with Gasteiger partial charge < -0.3 is 5.32 Å². The van der Waals surface area contributed by atoms with Crippen molar-refractivity contribution < 1.29 is 17.6 Å². The molecule has 6 heteroatoms. The number of hydrogen-bond acceptors (Lipinski definition) is 3. The molecule has 4 nitrogen and oxygen atoms in total. The van der Waals surface area contributed by atoms with E-state index >= 15 is 0 Å². The van der Waals surface area contributed by atoms with Crippen molar-refractivity contribution in [2.75, 3.05) is 6.26 Å². The molecule has 2 rings (SSSR count). The molecule has 0 atom stereocenters. The quantitative estimate of drug-likeness (QED) is 0.941. The van der Waals surface area contributed by atoms with Crippen LogP contribution in [-0.2, 0) is 16.4 Å². The Morgan fingerprint density at radius 1 is 1.10 bits per heavy atom. The second-order valence-corrected chi connectivity index (χ2v) is 6.53. The van der Waals surface area contributed by atoms with Gasteiger partial charge in [0.05, 0.1) is 10.5 Å². The van der Waals surface area contributed by atoms with Gasteiger partial charge in [-0.25, -0.2) is 12.8 Å². The van der Waals surface area contributed by atoms with Gasteiger partial charge in [-0.05, 0) is 18.2 Å². The monoisotopic (exact) mass is 307 g/mol. The number of halogens is 1. The maximum atomic E-state index is 13.5. The highest BCUT2D eigenvalue weighted by atomic mass is 32.2. The van der Waals surface area contributed by atoms with Crippen LogP contribution in [0.2, 0.25) is 0 Å². The van der Waals surface area contributed by atoms with Crippen LogP contribution in [0.4, 0.5) is 4.39 Å². The van der Waals surface area contributed by atoms with Gasteiger partial charge in [0.1, 0.15) is 5.82 Å². The van der Waals surface area contributed by atoms with Crippen LogP contribution in [0, 0.1) is 5.82 Å². The topological polar surface area (TPSA) is 63.2 Å². The van der Waals surface area contributed by atoms with Crippen LogP contribution >= 0.6 is 0 Å². The SMILES string of the molecule is CS(=O)(=O)c1ccccc1C(=O)NCc1ccccc1F. The molecule has 2 aromatic rings. The van der Waals surface area contributed by atoms with Gasteiger partial charge >= 0.3 is 0 Å². The van der Waals surface area contributed by atoms with Crippen LogP contribution in [0.1, 0.15) is 15.9 Å².